The number of halogens is 3. The van der Waals surface area contributed by atoms with Gasteiger partial charge in [0.1, 0.15) is 6.54 Å². The average Bonchev–Trinajstić information content (AvgIpc) is 2.25. The Bertz CT molecular complexity index is 566. The Balaban J connectivity index is 2.45. The van der Waals surface area contributed by atoms with Gasteiger partial charge in [0, 0.05) is 30.0 Å². The normalized spacial score (nSPS) is 11.8. The predicted molar refractivity (Wildman–Crippen MR) is 65.5 cm³/mol. The van der Waals surface area contributed by atoms with E-state index in [0.29, 0.717) is 22.3 Å². The van der Waals surface area contributed by atoms with Gasteiger partial charge in [-0.05, 0) is 24.3 Å². The topological polar surface area (TPSA) is 42.2 Å². The molecule has 0 saturated carbocycles. The first-order chi connectivity index (χ1) is 8.37. The van der Waals surface area contributed by atoms with Crippen LogP contribution in [-0.2, 0) is 0 Å². The van der Waals surface area contributed by atoms with E-state index >= 15 is 0 Å². The third kappa shape index (κ3) is 2.64. The van der Waals surface area contributed by atoms with E-state index in [1.54, 1.807) is 24.3 Å². The molecule has 0 spiro atoms. The van der Waals surface area contributed by atoms with Crippen LogP contribution < -0.4 is 10.6 Å². The number of anilines is 2. The zero-order valence-electron chi connectivity index (χ0n) is 9.70. The number of alkyl halides is 3. The molecule has 18 heavy (non-hydrogen) atoms. The van der Waals surface area contributed by atoms with Gasteiger partial charge >= 0.3 is 6.18 Å². The van der Waals surface area contributed by atoms with Gasteiger partial charge in [-0.1, -0.05) is 0 Å². The standard InChI is InChI=1S/C12H12F3N3/c1-18(7-12(13,14)15)11-4-5-17-10-6-8(16)2-3-9(10)11/h2-6H,7,16H2,1H3. The molecular formula is C12H12F3N3. The van der Waals surface area contributed by atoms with Crippen molar-refractivity contribution in [1.82, 2.24) is 4.98 Å². The van der Waals surface area contributed by atoms with Crippen LogP contribution in [0.2, 0.25) is 0 Å². The molecular weight excluding hydrogens is 243 g/mol. The summed E-state index contributed by atoms with van der Waals surface area (Å²) in [5.74, 6) is 0. The monoisotopic (exact) mass is 255 g/mol. The molecule has 3 nitrogen and oxygen atoms in total. The minimum absolute atomic E-state index is 0.484. The van der Waals surface area contributed by atoms with Crippen molar-refractivity contribution in [2.24, 2.45) is 0 Å². The van der Waals surface area contributed by atoms with Crippen LogP contribution in [0.4, 0.5) is 24.5 Å². The molecule has 0 unspecified atom stereocenters. The van der Waals surface area contributed by atoms with E-state index in [1.807, 2.05) is 0 Å². The highest BCUT2D eigenvalue weighted by atomic mass is 19.4. The molecule has 0 fully saturated rings. The van der Waals surface area contributed by atoms with Crippen LogP contribution >= 0.6 is 0 Å². The molecule has 0 amide bonds. The van der Waals surface area contributed by atoms with Gasteiger partial charge in [0.15, 0.2) is 0 Å². The van der Waals surface area contributed by atoms with E-state index in [9.17, 15) is 13.2 Å². The smallest absolute Gasteiger partial charge is 0.399 e. The van der Waals surface area contributed by atoms with Crippen molar-refractivity contribution in [3.05, 3.63) is 30.5 Å². The average molecular weight is 255 g/mol. The summed E-state index contributed by atoms with van der Waals surface area (Å²) in [7, 11) is 1.40. The molecule has 0 radical (unpaired) electrons. The summed E-state index contributed by atoms with van der Waals surface area (Å²) in [6, 6.07) is 6.53. The number of nitrogens with two attached hydrogens (primary N) is 1. The Kier molecular flexibility index (Phi) is 3.02. The number of aromatic nitrogens is 1. The molecule has 2 aromatic rings. The second-order valence-electron chi connectivity index (χ2n) is 4.08. The molecule has 1 aromatic heterocycles. The first-order valence-electron chi connectivity index (χ1n) is 5.29. The summed E-state index contributed by atoms with van der Waals surface area (Å²) in [5.41, 5.74) is 7.22. The van der Waals surface area contributed by atoms with Crippen molar-refractivity contribution in [2.45, 2.75) is 6.18 Å². The maximum Gasteiger partial charge on any atom is 0.405 e. The minimum Gasteiger partial charge on any atom is -0.399 e. The number of nitrogens with zero attached hydrogens (tertiary/aromatic N) is 2. The molecule has 96 valence electrons. The lowest BCUT2D eigenvalue weighted by atomic mass is 10.1. The zero-order valence-corrected chi connectivity index (χ0v) is 9.70. The first kappa shape index (κ1) is 12.5. The van der Waals surface area contributed by atoms with Gasteiger partial charge in [0.25, 0.3) is 0 Å². The minimum atomic E-state index is -4.24. The summed E-state index contributed by atoms with van der Waals surface area (Å²) in [6.45, 7) is -1.00. The lowest BCUT2D eigenvalue weighted by molar-refractivity contribution is -0.119. The van der Waals surface area contributed by atoms with E-state index < -0.39 is 12.7 Å². The lowest BCUT2D eigenvalue weighted by Gasteiger charge is -2.22. The van der Waals surface area contributed by atoms with Crippen LogP contribution in [0.3, 0.4) is 0 Å². The zero-order chi connectivity index (χ0) is 13.3. The van der Waals surface area contributed by atoms with Crippen LogP contribution in [0.25, 0.3) is 10.9 Å². The number of nitrogen functional groups attached to an aromatic ring is 1. The number of pyridine rings is 1. The summed E-state index contributed by atoms with van der Waals surface area (Å²) < 4.78 is 37.1. The van der Waals surface area contributed by atoms with E-state index in [0.717, 1.165) is 4.90 Å². The molecule has 0 atom stereocenters. The van der Waals surface area contributed by atoms with Crippen molar-refractivity contribution in [3.8, 4) is 0 Å². The van der Waals surface area contributed by atoms with Crippen LogP contribution in [0.15, 0.2) is 30.5 Å². The van der Waals surface area contributed by atoms with Crippen LogP contribution in [0, 0.1) is 0 Å². The molecule has 1 aromatic carbocycles. The maximum absolute atomic E-state index is 12.4. The SMILES string of the molecule is CN(CC(F)(F)F)c1ccnc2cc(N)ccc12. The number of benzene rings is 1. The van der Waals surface area contributed by atoms with Crippen LogP contribution in [0.1, 0.15) is 0 Å². The fourth-order valence-corrected chi connectivity index (χ4v) is 1.84. The highest BCUT2D eigenvalue weighted by molar-refractivity contribution is 5.93. The third-order valence-electron chi connectivity index (χ3n) is 2.57. The van der Waals surface area contributed by atoms with Gasteiger partial charge in [-0.2, -0.15) is 13.2 Å². The Labute approximate surface area is 102 Å². The summed E-state index contributed by atoms with van der Waals surface area (Å²) in [6.07, 6.45) is -2.76. The highest BCUT2D eigenvalue weighted by Gasteiger charge is 2.29. The summed E-state index contributed by atoms with van der Waals surface area (Å²) >= 11 is 0. The fraction of sp³-hybridized carbons (Fsp3) is 0.250. The van der Waals surface area contributed by atoms with E-state index in [4.69, 9.17) is 5.73 Å². The van der Waals surface area contributed by atoms with Gasteiger partial charge in [-0.25, -0.2) is 0 Å². The number of rotatable bonds is 2. The second kappa shape index (κ2) is 4.36. The van der Waals surface area contributed by atoms with Crippen LogP contribution in [0.5, 0.6) is 0 Å². The van der Waals surface area contributed by atoms with Crippen molar-refractivity contribution < 1.29 is 13.2 Å². The fourth-order valence-electron chi connectivity index (χ4n) is 1.84. The van der Waals surface area contributed by atoms with Crippen molar-refractivity contribution in [1.29, 1.82) is 0 Å². The van der Waals surface area contributed by atoms with Crippen molar-refractivity contribution in [2.75, 3.05) is 24.2 Å². The quantitative estimate of drug-likeness (QED) is 0.839. The maximum atomic E-state index is 12.4. The largest absolute Gasteiger partial charge is 0.405 e. The van der Waals surface area contributed by atoms with Gasteiger partial charge in [0.05, 0.1) is 5.52 Å². The van der Waals surface area contributed by atoms with Gasteiger partial charge in [0.2, 0.25) is 0 Å². The van der Waals surface area contributed by atoms with Crippen molar-refractivity contribution >= 4 is 22.3 Å². The first-order valence-corrected chi connectivity index (χ1v) is 5.29. The summed E-state index contributed by atoms with van der Waals surface area (Å²) in [5, 5.41) is 0.651. The second-order valence-corrected chi connectivity index (χ2v) is 4.08. The molecule has 2 N–H and O–H groups in total. The lowest BCUT2D eigenvalue weighted by Crippen LogP contribution is -2.30. The van der Waals surface area contributed by atoms with Gasteiger partial charge in [-0.3, -0.25) is 4.98 Å². The molecule has 1 heterocycles. The Hall–Kier alpha value is -1.98. The van der Waals surface area contributed by atoms with E-state index in [-0.39, 0.29) is 0 Å². The summed E-state index contributed by atoms with van der Waals surface area (Å²) in [4.78, 5) is 5.25. The molecule has 0 aliphatic carbocycles. The number of fused-ring (bicyclic) bond motifs is 1. The molecule has 6 heteroatoms. The van der Waals surface area contributed by atoms with Crippen LogP contribution in [-0.4, -0.2) is 24.8 Å². The molecule has 0 aliphatic rings. The Morgan fingerprint density at radius 3 is 2.67 bits per heavy atom. The van der Waals surface area contributed by atoms with E-state index in [2.05, 4.69) is 4.98 Å². The molecule has 2 rings (SSSR count). The number of hydrogen-bond acceptors (Lipinski definition) is 3. The Morgan fingerprint density at radius 1 is 1.28 bits per heavy atom. The predicted octanol–water partition coefficient (Wildman–Crippen LogP) is 2.82. The molecule has 0 aliphatic heterocycles. The van der Waals surface area contributed by atoms with Gasteiger partial charge < -0.3 is 10.6 Å². The molecule has 0 bridgehead atoms. The highest BCUT2D eigenvalue weighted by Crippen LogP contribution is 2.28. The number of hydrogen-bond donors (Lipinski definition) is 1. The van der Waals surface area contributed by atoms with E-state index in [1.165, 1.54) is 13.2 Å². The molecule has 0 saturated heterocycles. The third-order valence-corrected chi connectivity index (χ3v) is 2.57. The Morgan fingerprint density at radius 2 is 2.00 bits per heavy atom. The van der Waals surface area contributed by atoms with Gasteiger partial charge in [-0.15, -0.1) is 0 Å². The van der Waals surface area contributed by atoms with Crippen molar-refractivity contribution in [3.63, 3.8) is 0 Å².